The zero-order valence-corrected chi connectivity index (χ0v) is 15.6. The van der Waals surface area contributed by atoms with E-state index in [1.54, 1.807) is 0 Å². The smallest absolute Gasteiger partial charge is 0.119 e. The number of allylic oxidation sites excluding steroid dienone is 2. The Kier molecular flexibility index (Phi) is 6.90. The van der Waals surface area contributed by atoms with E-state index >= 15 is 0 Å². The summed E-state index contributed by atoms with van der Waals surface area (Å²) in [5.41, 5.74) is 2.88. The van der Waals surface area contributed by atoms with Gasteiger partial charge in [0.25, 0.3) is 0 Å². The van der Waals surface area contributed by atoms with Crippen molar-refractivity contribution in [1.82, 2.24) is 0 Å². The van der Waals surface area contributed by atoms with Gasteiger partial charge in [-0.2, -0.15) is 0 Å². The van der Waals surface area contributed by atoms with Crippen LogP contribution in [0.2, 0.25) is 0 Å². The van der Waals surface area contributed by atoms with Gasteiger partial charge in [-0.1, -0.05) is 54.6 Å². The molecule has 138 valence electrons. The van der Waals surface area contributed by atoms with E-state index in [9.17, 15) is 0 Å². The van der Waals surface area contributed by atoms with Crippen LogP contribution in [-0.4, -0.2) is 18.3 Å². The van der Waals surface area contributed by atoms with Crippen LogP contribution in [0.5, 0.6) is 5.75 Å². The normalized spacial score (nSPS) is 19.4. The Bertz CT molecular complexity index is 675. The van der Waals surface area contributed by atoms with Crippen LogP contribution in [-0.2, 0) is 12.8 Å². The molecule has 0 saturated carbocycles. The average Bonchev–Trinajstić information content (AvgIpc) is 2.69. The van der Waals surface area contributed by atoms with Crippen molar-refractivity contribution in [2.24, 2.45) is 5.41 Å². The lowest BCUT2D eigenvalue weighted by Crippen LogP contribution is -2.26. The largest absolute Gasteiger partial charge is 0.494 e. The van der Waals surface area contributed by atoms with Crippen LogP contribution in [0.3, 0.4) is 0 Å². The van der Waals surface area contributed by atoms with E-state index in [4.69, 9.17) is 9.84 Å². The van der Waals surface area contributed by atoms with Gasteiger partial charge in [-0.05, 0) is 73.6 Å². The molecule has 0 saturated heterocycles. The summed E-state index contributed by atoms with van der Waals surface area (Å²) in [5, 5.41) is 8.92. The zero-order valence-electron chi connectivity index (χ0n) is 15.6. The molecule has 0 bridgehead atoms. The fourth-order valence-corrected chi connectivity index (χ4v) is 3.84. The first-order valence-electron chi connectivity index (χ1n) is 9.84. The Labute approximate surface area is 157 Å². The predicted octanol–water partition coefficient (Wildman–Crippen LogP) is 5.35. The number of hydrogen-bond acceptors (Lipinski definition) is 2. The van der Waals surface area contributed by atoms with Crippen LogP contribution in [0.25, 0.3) is 0 Å². The van der Waals surface area contributed by atoms with Gasteiger partial charge in [-0.25, -0.2) is 0 Å². The molecular weight excluding hydrogens is 320 g/mol. The Hall–Kier alpha value is -2.06. The monoisotopic (exact) mass is 350 g/mol. The van der Waals surface area contributed by atoms with Gasteiger partial charge in [0.2, 0.25) is 0 Å². The second-order valence-corrected chi connectivity index (χ2v) is 7.39. The molecule has 26 heavy (non-hydrogen) atoms. The third kappa shape index (κ3) is 5.47. The summed E-state index contributed by atoms with van der Waals surface area (Å²) in [6, 6.07) is 19.1. The van der Waals surface area contributed by atoms with Crippen molar-refractivity contribution in [2.75, 3.05) is 13.2 Å². The predicted molar refractivity (Wildman–Crippen MR) is 108 cm³/mol. The second kappa shape index (κ2) is 9.59. The fourth-order valence-electron chi connectivity index (χ4n) is 3.84. The van der Waals surface area contributed by atoms with Crippen LogP contribution >= 0.6 is 0 Å². The molecule has 2 aromatic carbocycles. The van der Waals surface area contributed by atoms with Gasteiger partial charge in [0.15, 0.2) is 0 Å². The van der Waals surface area contributed by atoms with Gasteiger partial charge in [-0.15, -0.1) is 0 Å². The van der Waals surface area contributed by atoms with E-state index in [2.05, 4.69) is 54.6 Å². The van der Waals surface area contributed by atoms with Crippen molar-refractivity contribution in [1.29, 1.82) is 0 Å². The number of rotatable bonds is 9. The minimum atomic E-state index is 0.223. The lowest BCUT2D eigenvalue weighted by molar-refractivity contribution is 0.216. The molecule has 0 fully saturated rings. The molecule has 0 amide bonds. The second-order valence-electron chi connectivity index (χ2n) is 7.39. The summed E-state index contributed by atoms with van der Waals surface area (Å²) in [6.07, 6.45) is 12.4. The summed E-state index contributed by atoms with van der Waals surface area (Å²) in [6.45, 7) is 0.989. The van der Waals surface area contributed by atoms with Crippen molar-refractivity contribution in [3.63, 3.8) is 0 Å². The van der Waals surface area contributed by atoms with E-state index in [-0.39, 0.29) is 12.0 Å². The molecule has 2 heteroatoms. The zero-order chi connectivity index (χ0) is 18.1. The number of aliphatic hydroxyl groups excluding tert-OH is 1. The van der Waals surface area contributed by atoms with E-state index in [1.165, 1.54) is 30.4 Å². The molecule has 0 aromatic heterocycles. The van der Waals surface area contributed by atoms with Crippen LogP contribution < -0.4 is 4.74 Å². The Balaban J connectivity index is 1.56. The maximum Gasteiger partial charge on any atom is 0.119 e. The number of ether oxygens (including phenoxy) is 1. The molecule has 2 aromatic rings. The fraction of sp³-hybridized carbons (Fsp3) is 0.417. The summed E-state index contributed by atoms with van der Waals surface area (Å²) in [7, 11) is 0. The molecule has 0 aliphatic heterocycles. The summed E-state index contributed by atoms with van der Waals surface area (Å²) in [4.78, 5) is 0. The van der Waals surface area contributed by atoms with Crippen LogP contribution in [0.15, 0.2) is 66.7 Å². The topological polar surface area (TPSA) is 29.5 Å². The number of aryl methyl sites for hydroxylation is 1. The Morgan fingerprint density at radius 2 is 1.77 bits per heavy atom. The number of aliphatic hydroxyl groups is 1. The summed E-state index contributed by atoms with van der Waals surface area (Å²) in [5.74, 6) is 0.937. The highest BCUT2D eigenvalue weighted by Crippen LogP contribution is 2.38. The molecule has 1 N–H and O–H groups in total. The van der Waals surface area contributed by atoms with Gasteiger partial charge in [0, 0.05) is 6.61 Å². The molecular formula is C24H30O2. The molecule has 0 spiro atoms. The summed E-state index contributed by atoms with van der Waals surface area (Å²) >= 11 is 0. The average molecular weight is 351 g/mol. The van der Waals surface area contributed by atoms with E-state index in [0.29, 0.717) is 0 Å². The van der Waals surface area contributed by atoms with Gasteiger partial charge in [0.1, 0.15) is 5.75 Å². The molecule has 2 nitrogen and oxygen atoms in total. The van der Waals surface area contributed by atoms with Crippen LogP contribution in [0.1, 0.15) is 43.2 Å². The maximum absolute atomic E-state index is 8.92. The molecule has 1 atom stereocenters. The van der Waals surface area contributed by atoms with E-state index in [0.717, 1.165) is 38.0 Å². The summed E-state index contributed by atoms with van der Waals surface area (Å²) < 4.78 is 6.05. The number of benzene rings is 2. The first-order chi connectivity index (χ1) is 12.8. The lowest BCUT2D eigenvalue weighted by atomic mass is 9.72. The van der Waals surface area contributed by atoms with E-state index in [1.807, 2.05) is 12.1 Å². The molecule has 1 aliphatic rings. The van der Waals surface area contributed by atoms with Gasteiger partial charge >= 0.3 is 0 Å². The third-order valence-electron chi connectivity index (χ3n) is 5.33. The first kappa shape index (κ1) is 18.7. The van der Waals surface area contributed by atoms with Crippen molar-refractivity contribution >= 4 is 0 Å². The Morgan fingerprint density at radius 3 is 2.46 bits per heavy atom. The van der Waals surface area contributed by atoms with Crippen molar-refractivity contribution < 1.29 is 9.84 Å². The minimum Gasteiger partial charge on any atom is -0.494 e. The van der Waals surface area contributed by atoms with E-state index < -0.39 is 0 Å². The van der Waals surface area contributed by atoms with Crippen LogP contribution in [0, 0.1) is 5.41 Å². The molecule has 0 heterocycles. The van der Waals surface area contributed by atoms with Gasteiger partial charge in [-0.3, -0.25) is 0 Å². The third-order valence-corrected chi connectivity index (χ3v) is 5.33. The first-order valence-corrected chi connectivity index (χ1v) is 9.84. The maximum atomic E-state index is 8.92. The highest BCUT2D eigenvalue weighted by Gasteiger charge is 2.28. The lowest BCUT2D eigenvalue weighted by Gasteiger charge is -2.33. The number of hydrogen-bond donors (Lipinski definition) is 1. The van der Waals surface area contributed by atoms with Crippen molar-refractivity contribution in [3.05, 3.63) is 77.9 Å². The quantitative estimate of drug-likeness (QED) is 0.618. The minimum absolute atomic E-state index is 0.223. The molecule has 0 radical (unpaired) electrons. The van der Waals surface area contributed by atoms with Crippen LogP contribution in [0.4, 0.5) is 0 Å². The molecule has 3 rings (SSSR count). The van der Waals surface area contributed by atoms with Crippen molar-refractivity contribution in [3.8, 4) is 5.75 Å². The SMILES string of the molecule is OCCCc1ccc(OCCC2(Cc3ccccc3)C=CCCC2)cc1. The van der Waals surface area contributed by atoms with Crippen molar-refractivity contribution in [2.45, 2.75) is 44.9 Å². The molecule has 1 unspecified atom stereocenters. The standard InChI is InChI=1S/C24H30O2/c25-18-7-10-21-11-13-23(14-12-21)26-19-17-24(15-5-2-6-16-24)20-22-8-3-1-4-9-22/h1,3-5,8-9,11-15,25H,2,6-7,10,16-20H2. The highest BCUT2D eigenvalue weighted by atomic mass is 16.5. The highest BCUT2D eigenvalue weighted by molar-refractivity contribution is 5.27. The van der Waals surface area contributed by atoms with Gasteiger partial charge < -0.3 is 9.84 Å². The molecule has 1 aliphatic carbocycles. The van der Waals surface area contributed by atoms with Gasteiger partial charge in [0.05, 0.1) is 6.61 Å². The Morgan fingerprint density at radius 1 is 0.962 bits per heavy atom.